The summed E-state index contributed by atoms with van der Waals surface area (Å²) in [6, 6.07) is 6.16. The van der Waals surface area contributed by atoms with Crippen LogP contribution in [0.2, 0.25) is 0 Å². The van der Waals surface area contributed by atoms with Crippen LogP contribution in [0, 0.1) is 5.82 Å². The van der Waals surface area contributed by atoms with E-state index in [4.69, 9.17) is 4.74 Å². The van der Waals surface area contributed by atoms with E-state index in [1.54, 1.807) is 18.3 Å². The maximum atomic E-state index is 12.5. The molecule has 1 rings (SSSR count). The van der Waals surface area contributed by atoms with Gasteiger partial charge in [0.25, 0.3) is 0 Å². The number of hydrogen-bond acceptors (Lipinski definition) is 2. The van der Waals surface area contributed by atoms with Crippen molar-refractivity contribution in [3.63, 3.8) is 0 Å². The molecule has 0 aliphatic heterocycles. The molecular weight excluding hydrogens is 181 g/mol. The van der Waals surface area contributed by atoms with Crippen LogP contribution in [0.4, 0.5) is 4.39 Å². The highest BCUT2D eigenvalue weighted by Crippen LogP contribution is 1.99. The average molecular weight is 193 g/mol. The van der Waals surface area contributed by atoms with Crippen LogP contribution < -0.4 is 0 Å². The third kappa shape index (κ3) is 3.85. The van der Waals surface area contributed by atoms with Crippen molar-refractivity contribution in [2.24, 2.45) is 4.99 Å². The van der Waals surface area contributed by atoms with Gasteiger partial charge in [0.05, 0.1) is 12.8 Å². The summed E-state index contributed by atoms with van der Waals surface area (Å²) in [5.41, 5.74) is 0.880. The highest BCUT2D eigenvalue weighted by molar-refractivity contribution is 5.79. The van der Waals surface area contributed by atoms with Gasteiger partial charge < -0.3 is 4.74 Å². The summed E-state index contributed by atoms with van der Waals surface area (Å²) < 4.78 is 17.4. The minimum atomic E-state index is -0.239. The molecule has 0 aliphatic rings. The highest BCUT2D eigenvalue weighted by atomic mass is 19.1. The molecule has 0 atom stereocenters. The Morgan fingerprint density at radius 1 is 1.36 bits per heavy atom. The Kier molecular flexibility index (Phi) is 4.41. The van der Waals surface area contributed by atoms with Crippen LogP contribution in [0.25, 0.3) is 0 Å². The average Bonchev–Trinajstić information content (AvgIpc) is 2.21. The number of halogens is 1. The minimum absolute atomic E-state index is 0.239. The van der Waals surface area contributed by atoms with Gasteiger partial charge in [0, 0.05) is 6.21 Å². The first-order valence-corrected chi connectivity index (χ1v) is 4.31. The van der Waals surface area contributed by atoms with Crippen molar-refractivity contribution in [1.82, 2.24) is 0 Å². The van der Waals surface area contributed by atoms with Crippen molar-refractivity contribution in [3.8, 4) is 0 Å². The molecule has 0 spiro atoms. The Balaban J connectivity index is 2.36. The molecule has 0 saturated heterocycles. The molecule has 14 heavy (non-hydrogen) atoms. The molecule has 0 unspecified atom stereocenters. The molecule has 0 aliphatic carbocycles. The predicted molar refractivity (Wildman–Crippen MR) is 55.0 cm³/mol. The molecule has 0 saturated carbocycles. The van der Waals surface area contributed by atoms with Gasteiger partial charge in [0.15, 0.2) is 0 Å². The zero-order valence-electron chi connectivity index (χ0n) is 7.82. The van der Waals surface area contributed by atoms with Crippen molar-refractivity contribution in [3.05, 3.63) is 48.5 Å². The standard InChI is InChI=1S/C11H12FNO/c1-2-14-8-7-13-9-10-3-5-11(12)6-4-10/h2-6,9H,1,7-8H2. The van der Waals surface area contributed by atoms with E-state index in [9.17, 15) is 4.39 Å². The van der Waals surface area contributed by atoms with Gasteiger partial charge in [0.1, 0.15) is 12.4 Å². The summed E-state index contributed by atoms with van der Waals surface area (Å²) in [6.07, 6.45) is 3.07. The molecule has 0 radical (unpaired) electrons. The zero-order chi connectivity index (χ0) is 10.2. The van der Waals surface area contributed by atoms with Crippen LogP contribution in [0.15, 0.2) is 42.1 Å². The summed E-state index contributed by atoms with van der Waals surface area (Å²) in [5, 5.41) is 0. The third-order valence-corrected chi connectivity index (χ3v) is 1.57. The van der Waals surface area contributed by atoms with Crippen molar-refractivity contribution in [2.75, 3.05) is 13.2 Å². The molecule has 1 aromatic rings. The molecule has 0 amide bonds. The fraction of sp³-hybridized carbons (Fsp3) is 0.182. The second kappa shape index (κ2) is 5.91. The van der Waals surface area contributed by atoms with Crippen LogP contribution in [0.3, 0.4) is 0 Å². The normalized spacial score (nSPS) is 10.4. The van der Waals surface area contributed by atoms with Gasteiger partial charge in [-0.25, -0.2) is 4.39 Å². The smallest absolute Gasteiger partial charge is 0.123 e. The lowest BCUT2D eigenvalue weighted by molar-refractivity contribution is 0.261. The quantitative estimate of drug-likeness (QED) is 0.400. The second-order valence-corrected chi connectivity index (χ2v) is 2.62. The van der Waals surface area contributed by atoms with E-state index < -0.39 is 0 Å². The van der Waals surface area contributed by atoms with Crippen LogP contribution in [0.1, 0.15) is 5.56 Å². The lowest BCUT2D eigenvalue weighted by atomic mass is 10.2. The summed E-state index contributed by atoms with van der Waals surface area (Å²) in [4.78, 5) is 4.09. The molecule has 1 aromatic carbocycles. The fourth-order valence-corrected chi connectivity index (χ4v) is 0.908. The van der Waals surface area contributed by atoms with Gasteiger partial charge in [-0.15, -0.1) is 0 Å². The number of ether oxygens (including phenoxy) is 1. The zero-order valence-corrected chi connectivity index (χ0v) is 7.82. The van der Waals surface area contributed by atoms with Crippen LogP contribution in [0.5, 0.6) is 0 Å². The maximum absolute atomic E-state index is 12.5. The number of rotatable bonds is 5. The molecule has 0 fully saturated rings. The second-order valence-electron chi connectivity index (χ2n) is 2.62. The topological polar surface area (TPSA) is 21.6 Å². The fourth-order valence-electron chi connectivity index (χ4n) is 0.908. The van der Waals surface area contributed by atoms with Gasteiger partial charge in [0.2, 0.25) is 0 Å². The molecule has 74 valence electrons. The van der Waals surface area contributed by atoms with E-state index in [1.165, 1.54) is 18.4 Å². The summed E-state index contributed by atoms with van der Waals surface area (Å²) in [5.74, 6) is -0.239. The third-order valence-electron chi connectivity index (χ3n) is 1.57. The Labute approximate surface area is 82.7 Å². The largest absolute Gasteiger partial charge is 0.500 e. The van der Waals surface area contributed by atoms with Gasteiger partial charge in [-0.2, -0.15) is 0 Å². The Morgan fingerprint density at radius 2 is 2.07 bits per heavy atom. The summed E-state index contributed by atoms with van der Waals surface area (Å²) in [7, 11) is 0. The van der Waals surface area contributed by atoms with Gasteiger partial charge in [-0.1, -0.05) is 18.7 Å². The van der Waals surface area contributed by atoms with Gasteiger partial charge in [-0.05, 0) is 17.7 Å². The Bertz CT molecular complexity index is 306. The summed E-state index contributed by atoms with van der Waals surface area (Å²) in [6.45, 7) is 4.50. The monoisotopic (exact) mass is 193 g/mol. The van der Waals surface area contributed by atoms with E-state index in [2.05, 4.69) is 11.6 Å². The molecule has 0 aromatic heterocycles. The van der Waals surface area contributed by atoms with Crippen molar-refractivity contribution in [2.45, 2.75) is 0 Å². The van der Waals surface area contributed by atoms with Crippen LogP contribution >= 0.6 is 0 Å². The van der Waals surface area contributed by atoms with E-state index >= 15 is 0 Å². The number of hydrogen-bond donors (Lipinski definition) is 0. The molecule has 3 heteroatoms. The highest BCUT2D eigenvalue weighted by Gasteiger charge is 1.88. The molecular formula is C11H12FNO. The van der Waals surface area contributed by atoms with Crippen molar-refractivity contribution in [1.29, 1.82) is 0 Å². The van der Waals surface area contributed by atoms with Crippen molar-refractivity contribution < 1.29 is 9.13 Å². The number of nitrogens with zero attached hydrogens (tertiary/aromatic N) is 1. The van der Waals surface area contributed by atoms with Gasteiger partial charge in [-0.3, -0.25) is 4.99 Å². The lowest BCUT2D eigenvalue weighted by Gasteiger charge is -1.95. The van der Waals surface area contributed by atoms with Crippen LogP contribution in [-0.4, -0.2) is 19.4 Å². The van der Waals surface area contributed by atoms with E-state index in [0.29, 0.717) is 13.2 Å². The number of benzene rings is 1. The molecule has 0 bridgehead atoms. The minimum Gasteiger partial charge on any atom is -0.500 e. The summed E-state index contributed by atoms with van der Waals surface area (Å²) >= 11 is 0. The molecule has 0 N–H and O–H groups in total. The van der Waals surface area contributed by atoms with Gasteiger partial charge >= 0.3 is 0 Å². The first-order valence-electron chi connectivity index (χ1n) is 4.31. The van der Waals surface area contributed by atoms with E-state index in [0.717, 1.165) is 5.56 Å². The first kappa shape index (κ1) is 10.4. The molecule has 2 nitrogen and oxygen atoms in total. The van der Waals surface area contributed by atoms with Crippen LogP contribution in [-0.2, 0) is 4.74 Å². The van der Waals surface area contributed by atoms with E-state index in [-0.39, 0.29) is 5.82 Å². The predicted octanol–water partition coefficient (Wildman–Crippen LogP) is 2.40. The SMILES string of the molecule is C=COCCN=Cc1ccc(F)cc1. The first-order chi connectivity index (χ1) is 6.83. The molecule has 0 heterocycles. The number of aliphatic imine (C=N–C) groups is 1. The lowest BCUT2D eigenvalue weighted by Crippen LogP contribution is -1.92. The Hall–Kier alpha value is -1.64. The van der Waals surface area contributed by atoms with E-state index in [1.807, 2.05) is 0 Å². The maximum Gasteiger partial charge on any atom is 0.123 e. The van der Waals surface area contributed by atoms with Crippen molar-refractivity contribution >= 4 is 6.21 Å². The Morgan fingerprint density at radius 3 is 2.71 bits per heavy atom.